The van der Waals surface area contributed by atoms with Crippen LogP contribution in [0.25, 0.3) is 0 Å². The lowest BCUT2D eigenvalue weighted by Crippen LogP contribution is -2.06. The van der Waals surface area contributed by atoms with Crippen molar-refractivity contribution in [1.82, 2.24) is 9.78 Å². The molecule has 3 nitrogen and oxygen atoms in total. The maximum absolute atomic E-state index is 13.0. The first-order valence-electron chi connectivity index (χ1n) is 5.27. The van der Waals surface area contributed by atoms with Gasteiger partial charge in [0.1, 0.15) is 5.82 Å². The van der Waals surface area contributed by atoms with Gasteiger partial charge in [0.25, 0.3) is 0 Å². The van der Waals surface area contributed by atoms with Gasteiger partial charge in [0.05, 0.1) is 12.7 Å². The van der Waals surface area contributed by atoms with Crippen LogP contribution in [0.1, 0.15) is 16.8 Å². The zero-order valence-electron chi connectivity index (χ0n) is 9.45. The fourth-order valence-corrected chi connectivity index (χ4v) is 2.13. The number of halogens is 2. The molecule has 0 amide bonds. The van der Waals surface area contributed by atoms with E-state index in [0.717, 1.165) is 21.3 Å². The van der Waals surface area contributed by atoms with Crippen LogP contribution in [0, 0.1) is 12.7 Å². The molecule has 0 atom stereocenters. The summed E-state index contributed by atoms with van der Waals surface area (Å²) in [6.45, 7) is 3.07. The molecule has 2 N–H and O–H groups in total. The summed E-state index contributed by atoms with van der Waals surface area (Å²) in [6, 6.07) is 4.66. The van der Waals surface area contributed by atoms with E-state index in [1.807, 2.05) is 11.6 Å². The van der Waals surface area contributed by atoms with Crippen molar-refractivity contribution in [3.05, 3.63) is 51.5 Å². The van der Waals surface area contributed by atoms with Crippen molar-refractivity contribution in [3.63, 3.8) is 0 Å². The topological polar surface area (TPSA) is 43.8 Å². The van der Waals surface area contributed by atoms with Crippen LogP contribution in [0.15, 0.2) is 28.9 Å². The Morgan fingerprint density at radius 3 is 2.76 bits per heavy atom. The lowest BCUT2D eigenvalue weighted by molar-refractivity contribution is 0.621. The fourth-order valence-electron chi connectivity index (χ4n) is 1.66. The van der Waals surface area contributed by atoms with Crippen LogP contribution >= 0.6 is 15.9 Å². The van der Waals surface area contributed by atoms with Crippen molar-refractivity contribution >= 4 is 15.9 Å². The Morgan fingerprint density at radius 1 is 1.41 bits per heavy atom. The molecule has 0 spiro atoms. The van der Waals surface area contributed by atoms with Crippen molar-refractivity contribution in [2.75, 3.05) is 0 Å². The van der Waals surface area contributed by atoms with Gasteiger partial charge in [-0.25, -0.2) is 4.39 Å². The molecular formula is C12H13BrFN3. The standard InChI is InChI=1S/C12H13BrFN3/c1-8-10(5-15)6-16-17(8)7-9-2-3-11(14)4-12(9)13/h2-4,6H,5,7,15H2,1H3. The van der Waals surface area contributed by atoms with Gasteiger partial charge in [-0.15, -0.1) is 0 Å². The van der Waals surface area contributed by atoms with Gasteiger partial charge in [0.2, 0.25) is 0 Å². The fraction of sp³-hybridized carbons (Fsp3) is 0.250. The van der Waals surface area contributed by atoms with Gasteiger partial charge in [-0.2, -0.15) is 5.10 Å². The summed E-state index contributed by atoms with van der Waals surface area (Å²) in [7, 11) is 0. The Hall–Kier alpha value is -1.20. The molecule has 90 valence electrons. The Labute approximate surface area is 108 Å². The van der Waals surface area contributed by atoms with Crippen molar-refractivity contribution in [3.8, 4) is 0 Å². The molecule has 5 heteroatoms. The molecule has 0 aliphatic heterocycles. The number of rotatable bonds is 3. The number of benzene rings is 1. The molecule has 17 heavy (non-hydrogen) atoms. The Bertz CT molecular complexity index is 537. The van der Waals surface area contributed by atoms with Crippen LogP contribution in [-0.4, -0.2) is 9.78 Å². The second-order valence-electron chi connectivity index (χ2n) is 3.85. The average Bonchev–Trinajstić information content (AvgIpc) is 2.64. The monoisotopic (exact) mass is 297 g/mol. The van der Waals surface area contributed by atoms with E-state index >= 15 is 0 Å². The van der Waals surface area contributed by atoms with E-state index in [0.29, 0.717) is 13.1 Å². The van der Waals surface area contributed by atoms with Crippen LogP contribution in [-0.2, 0) is 13.1 Å². The summed E-state index contributed by atoms with van der Waals surface area (Å²) >= 11 is 3.35. The molecule has 0 aliphatic carbocycles. The van der Waals surface area contributed by atoms with Gasteiger partial charge >= 0.3 is 0 Å². The molecule has 0 bridgehead atoms. The van der Waals surface area contributed by atoms with Crippen molar-refractivity contribution in [2.24, 2.45) is 5.73 Å². The van der Waals surface area contributed by atoms with E-state index in [9.17, 15) is 4.39 Å². The van der Waals surface area contributed by atoms with E-state index in [4.69, 9.17) is 5.73 Å². The molecule has 1 aromatic heterocycles. The molecule has 0 saturated carbocycles. The summed E-state index contributed by atoms with van der Waals surface area (Å²) in [5, 5.41) is 4.27. The molecule has 2 aromatic rings. The summed E-state index contributed by atoms with van der Waals surface area (Å²) in [4.78, 5) is 0. The molecule has 0 unspecified atom stereocenters. The first-order chi connectivity index (χ1) is 8.11. The zero-order valence-corrected chi connectivity index (χ0v) is 11.0. The minimum absolute atomic E-state index is 0.250. The van der Waals surface area contributed by atoms with Gasteiger partial charge < -0.3 is 5.73 Å². The predicted molar refractivity (Wildman–Crippen MR) is 68.1 cm³/mol. The van der Waals surface area contributed by atoms with Gasteiger partial charge in [-0.1, -0.05) is 22.0 Å². The molecule has 1 aromatic carbocycles. The average molecular weight is 298 g/mol. The van der Waals surface area contributed by atoms with E-state index in [1.165, 1.54) is 12.1 Å². The Morgan fingerprint density at radius 2 is 2.18 bits per heavy atom. The summed E-state index contributed by atoms with van der Waals surface area (Å²) < 4.78 is 15.6. The normalized spacial score (nSPS) is 10.8. The second kappa shape index (κ2) is 4.98. The van der Waals surface area contributed by atoms with E-state index in [2.05, 4.69) is 21.0 Å². The Kier molecular flexibility index (Phi) is 3.59. The van der Waals surface area contributed by atoms with Crippen LogP contribution in [0.2, 0.25) is 0 Å². The minimum Gasteiger partial charge on any atom is -0.326 e. The number of nitrogens with zero attached hydrogens (tertiary/aromatic N) is 2. The van der Waals surface area contributed by atoms with Crippen molar-refractivity contribution in [2.45, 2.75) is 20.0 Å². The molecular weight excluding hydrogens is 285 g/mol. The molecule has 1 heterocycles. The highest BCUT2D eigenvalue weighted by Crippen LogP contribution is 2.20. The minimum atomic E-state index is -0.250. The summed E-state index contributed by atoms with van der Waals surface area (Å²) in [5.74, 6) is -0.250. The number of aromatic nitrogens is 2. The van der Waals surface area contributed by atoms with Crippen LogP contribution in [0.5, 0.6) is 0 Å². The van der Waals surface area contributed by atoms with E-state index in [1.54, 1.807) is 12.3 Å². The van der Waals surface area contributed by atoms with Crippen LogP contribution < -0.4 is 5.73 Å². The highest BCUT2D eigenvalue weighted by Gasteiger charge is 2.07. The molecule has 0 saturated heterocycles. The highest BCUT2D eigenvalue weighted by atomic mass is 79.9. The van der Waals surface area contributed by atoms with Crippen LogP contribution in [0.3, 0.4) is 0 Å². The third-order valence-electron chi connectivity index (χ3n) is 2.76. The van der Waals surface area contributed by atoms with Gasteiger partial charge in [-0.3, -0.25) is 4.68 Å². The second-order valence-corrected chi connectivity index (χ2v) is 4.71. The predicted octanol–water partition coefficient (Wildman–Crippen LogP) is 2.60. The third kappa shape index (κ3) is 2.56. The third-order valence-corrected chi connectivity index (χ3v) is 3.50. The van der Waals surface area contributed by atoms with Gasteiger partial charge in [-0.05, 0) is 24.6 Å². The number of nitrogens with two attached hydrogens (primary N) is 1. The highest BCUT2D eigenvalue weighted by molar-refractivity contribution is 9.10. The number of hydrogen-bond donors (Lipinski definition) is 1. The SMILES string of the molecule is Cc1c(CN)cnn1Cc1ccc(F)cc1Br. The van der Waals surface area contributed by atoms with Gasteiger partial charge in [0, 0.05) is 22.3 Å². The molecule has 0 radical (unpaired) electrons. The Balaban J connectivity index is 2.28. The largest absolute Gasteiger partial charge is 0.326 e. The van der Waals surface area contributed by atoms with Crippen molar-refractivity contribution < 1.29 is 4.39 Å². The van der Waals surface area contributed by atoms with E-state index < -0.39 is 0 Å². The maximum atomic E-state index is 13.0. The number of hydrogen-bond acceptors (Lipinski definition) is 2. The summed E-state index contributed by atoms with van der Waals surface area (Å²) in [5.41, 5.74) is 8.66. The van der Waals surface area contributed by atoms with Crippen LogP contribution in [0.4, 0.5) is 4.39 Å². The lowest BCUT2D eigenvalue weighted by Gasteiger charge is -2.07. The maximum Gasteiger partial charge on any atom is 0.124 e. The van der Waals surface area contributed by atoms with E-state index in [-0.39, 0.29) is 5.82 Å². The molecule has 0 aliphatic rings. The quantitative estimate of drug-likeness (QED) is 0.946. The molecule has 2 rings (SSSR count). The first kappa shape index (κ1) is 12.3. The van der Waals surface area contributed by atoms with Crippen molar-refractivity contribution in [1.29, 1.82) is 0 Å². The molecule has 0 fully saturated rings. The zero-order chi connectivity index (χ0) is 12.4. The first-order valence-corrected chi connectivity index (χ1v) is 6.06. The van der Waals surface area contributed by atoms with Gasteiger partial charge in [0.15, 0.2) is 0 Å². The summed E-state index contributed by atoms with van der Waals surface area (Å²) in [6.07, 6.45) is 1.77. The smallest absolute Gasteiger partial charge is 0.124 e. The lowest BCUT2D eigenvalue weighted by atomic mass is 10.2.